The number of hydrogen-bond acceptors (Lipinski definition) is 5. The lowest BCUT2D eigenvalue weighted by Crippen LogP contribution is -2.33. The highest BCUT2D eigenvalue weighted by atomic mass is 79.9. The lowest BCUT2D eigenvalue weighted by atomic mass is 9.99. The van der Waals surface area contributed by atoms with E-state index in [0.29, 0.717) is 29.8 Å². The van der Waals surface area contributed by atoms with E-state index in [4.69, 9.17) is 9.47 Å². The molecule has 0 fully saturated rings. The van der Waals surface area contributed by atoms with Crippen LogP contribution in [-0.2, 0) is 16.0 Å². The van der Waals surface area contributed by atoms with Crippen LogP contribution in [0.2, 0.25) is 0 Å². The summed E-state index contributed by atoms with van der Waals surface area (Å²) in [7, 11) is 1.36. The first-order chi connectivity index (χ1) is 15.5. The summed E-state index contributed by atoms with van der Waals surface area (Å²) in [5.74, 6) is 0.261. The maximum Gasteiger partial charge on any atom is 0.328 e. The molecule has 0 spiro atoms. The minimum atomic E-state index is -0.652. The van der Waals surface area contributed by atoms with Gasteiger partial charge in [0.05, 0.1) is 13.7 Å². The third-order valence-corrected chi connectivity index (χ3v) is 5.33. The summed E-state index contributed by atoms with van der Waals surface area (Å²) in [6, 6.07) is 21.6. The number of para-hydroxylation sites is 1. The topological polar surface area (TPSA) is 64.6 Å². The second-order valence-electron chi connectivity index (χ2n) is 7.35. The molecule has 6 heteroatoms. The van der Waals surface area contributed by atoms with Gasteiger partial charge in [-0.3, -0.25) is 4.79 Å². The second kappa shape index (κ2) is 11.5. The summed E-state index contributed by atoms with van der Waals surface area (Å²) in [6.45, 7) is 2.56. The van der Waals surface area contributed by atoms with Crippen molar-refractivity contribution in [2.24, 2.45) is 0 Å². The molecule has 3 aromatic rings. The Morgan fingerprint density at radius 1 is 0.969 bits per heavy atom. The number of esters is 1. The Labute approximate surface area is 196 Å². The third kappa shape index (κ3) is 6.20. The largest absolute Gasteiger partial charge is 0.493 e. The van der Waals surface area contributed by atoms with Gasteiger partial charge in [-0.25, -0.2) is 4.79 Å². The number of aryl methyl sites for hydroxylation is 1. The molecule has 0 aliphatic heterocycles. The van der Waals surface area contributed by atoms with Crippen LogP contribution in [0.1, 0.15) is 27.0 Å². The molecule has 1 N–H and O–H groups in total. The first-order valence-electron chi connectivity index (χ1n) is 10.3. The molecular weight excluding hydrogens is 470 g/mol. The first kappa shape index (κ1) is 23.5. The van der Waals surface area contributed by atoms with Crippen LogP contribution in [-0.4, -0.2) is 36.8 Å². The number of benzene rings is 3. The van der Waals surface area contributed by atoms with Crippen molar-refractivity contribution in [1.82, 2.24) is 0 Å². The fourth-order valence-electron chi connectivity index (χ4n) is 3.30. The molecule has 0 aliphatic rings. The van der Waals surface area contributed by atoms with Crippen LogP contribution in [0, 0.1) is 6.92 Å². The third-order valence-electron chi connectivity index (χ3n) is 5.01. The van der Waals surface area contributed by atoms with Crippen molar-refractivity contribution in [1.29, 1.82) is 0 Å². The fraction of sp³-hybridized carbons (Fsp3) is 0.231. The maximum absolute atomic E-state index is 13.1. The van der Waals surface area contributed by atoms with Crippen LogP contribution >= 0.6 is 15.9 Å². The monoisotopic (exact) mass is 495 g/mol. The molecule has 32 heavy (non-hydrogen) atoms. The zero-order valence-corrected chi connectivity index (χ0v) is 19.7. The van der Waals surface area contributed by atoms with Gasteiger partial charge in [0.25, 0.3) is 0 Å². The Hall–Kier alpha value is -3.12. The van der Waals surface area contributed by atoms with Gasteiger partial charge in [-0.15, -0.1) is 0 Å². The average Bonchev–Trinajstić information content (AvgIpc) is 2.83. The number of methoxy groups -OCH3 is 1. The molecule has 0 amide bonds. The molecule has 0 aromatic heterocycles. The van der Waals surface area contributed by atoms with Crippen molar-refractivity contribution in [3.8, 4) is 5.75 Å². The van der Waals surface area contributed by atoms with Gasteiger partial charge in [0.1, 0.15) is 11.8 Å². The van der Waals surface area contributed by atoms with Gasteiger partial charge < -0.3 is 14.8 Å². The van der Waals surface area contributed by atoms with Gasteiger partial charge in [-0.2, -0.15) is 0 Å². The Kier molecular flexibility index (Phi) is 8.45. The highest BCUT2D eigenvalue weighted by Crippen LogP contribution is 2.22. The lowest BCUT2D eigenvalue weighted by molar-refractivity contribution is -0.141. The first-order valence-corrected chi connectivity index (χ1v) is 11.5. The molecular formula is C26H26BrNO4. The SMILES string of the molecule is COC(=O)C(Cc1ccc(OCCBr)cc1)Nc1ccccc1C(=O)c1ccc(C)cc1. The van der Waals surface area contributed by atoms with E-state index < -0.39 is 12.0 Å². The summed E-state index contributed by atoms with van der Waals surface area (Å²) < 4.78 is 10.6. The maximum atomic E-state index is 13.1. The number of ketones is 1. The number of carbonyl (C=O) groups excluding carboxylic acids is 2. The number of ether oxygens (including phenoxy) is 2. The molecule has 3 rings (SSSR count). The minimum absolute atomic E-state index is 0.106. The number of nitrogens with one attached hydrogen (secondary N) is 1. The highest BCUT2D eigenvalue weighted by molar-refractivity contribution is 9.09. The normalized spacial score (nSPS) is 11.5. The van der Waals surface area contributed by atoms with E-state index in [1.165, 1.54) is 7.11 Å². The van der Waals surface area contributed by atoms with Crippen molar-refractivity contribution < 1.29 is 19.1 Å². The van der Waals surface area contributed by atoms with Gasteiger partial charge in [-0.1, -0.05) is 70.0 Å². The van der Waals surface area contributed by atoms with E-state index in [2.05, 4.69) is 21.2 Å². The van der Waals surface area contributed by atoms with Gasteiger partial charge >= 0.3 is 5.97 Å². The molecule has 0 saturated heterocycles. The summed E-state index contributed by atoms with van der Waals surface area (Å²) in [5.41, 5.74) is 3.72. The number of hydrogen-bond donors (Lipinski definition) is 1. The number of halogens is 1. The van der Waals surface area contributed by atoms with Gasteiger partial charge in [0.15, 0.2) is 5.78 Å². The minimum Gasteiger partial charge on any atom is -0.493 e. The van der Waals surface area contributed by atoms with E-state index >= 15 is 0 Å². The van der Waals surface area contributed by atoms with Crippen LogP contribution in [0.3, 0.4) is 0 Å². The van der Waals surface area contributed by atoms with Crippen molar-refractivity contribution in [2.75, 3.05) is 24.4 Å². The molecule has 1 unspecified atom stereocenters. The molecule has 1 atom stereocenters. The summed E-state index contributed by atoms with van der Waals surface area (Å²) >= 11 is 3.33. The number of alkyl halides is 1. The highest BCUT2D eigenvalue weighted by Gasteiger charge is 2.22. The van der Waals surface area contributed by atoms with E-state index in [9.17, 15) is 9.59 Å². The van der Waals surface area contributed by atoms with Crippen molar-refractivity contribution in [3.63, 3.8) is 0 Å². The van der Waals surface area contributed by atoms with Crippen molar-refractivity contribution in [3.05, 3.63) is 95.1 Å². The van der Waals surface area contributed by atoms with Gasteiger partial charge in [0.2, 0.25) is 0 Å². The molecule has 0 saturated carbocycles. The number of anilines is 1. The van der Waals surface area contributed by atoms with E-state index in [1.54, 1.807) is 12.1 Å². The van der Waals surface area contributed by atoms with E-state index in [-0.39, 0.29) is 5.78 Å². The smallest absolute Gasteiger partial charge is 0.328 e. The molecule has 5 nitrogen and oxygen atoms in total. The Morgan fingerprint density at radius 2 is 1.66 bits per heavy atom. The molecule has 0 radical (unpaired) electrons. The molecule has 166 valence electrons. The summed E-state index contributed by atoms with van der Waals surface area (Å²) in [4.78, 5) is 25.6. The second-order valence-corrected chi connectivity index (χ2v) is 8.14. The fourth-order valence-corrected chi connectivity index (χ4v) is 3.47. The molecule has 0 aliphatic carbocycles. The van der Waals surface area contributed by atoms with Crippen LogP contribution in [0.4, 0.5) is 5.69 Å². The quantitative estimate of drug-likeness (QED) is 0.238. The number of carbonyl (C=O) groups is 2. The van der Waals surface area contributed by atoms with Crippen molar-refractivity contribution >= 4 is 33.4 Å². The molecule has 0 heterocycles. The lowest BCUT2D eigenvalue weighted by Gasteiger charge is -2.20. The predicted molar refractivity (Wildman–Crippen MR) is 130 cm³/mol. The predicted octanol–water partition coefficient (Wildman–Crippen LogP) is 5.20. The van der Waals surface area contributed by atoms with E-state index in [1.807, 2.05) is 67.6 Å². The summed E-state index contributed by atoms with van der Waals surface area (Å²) in [5, 5.41) is 3.98. The van der Waals surface area contributed by atoms with Crippen LogP contribution < -0.4 is 10.1 Å². The zero-order valence-electron chi connectivity index (χ0n) is 18.1. The molecule has 0 bridgehead atoms. The average molecular weight is 496 g/mol. The van der Waals surface area contributed by atoms with Crippen molar-refractivity contribution in [2.45, 2.75) is 19.4 Å². The zero-order chi connectivity index (χ0) is 22.9. The Bertz CT molecular complexity index is 1050. The summed E-state index contributed by atoms with van der Waals surface area (Å²) in [6.07, 6.45) is 0.401. The van der Waals surface area contributed by atoms with Gasteiger partial charge in [-0.05, 0) is 36.8 Å². The van der Waals surface area contributed by atoms with Crippen LogP contribution in [0.5, 0.6) is 5.75 Å². The van der Waals surface area contributed by atoms with Crippen LogP contribution in [0.15, 0.2) is 72.8 Å². The Morgan fingerprint density at radius 3 is 2.31 bits per heavy atom. The van der Waals surface area contributed by atoms with Crippen LogP contribution in [0.25, 0.3) is 0 Å². The Balaban J connectivity index is 1.81. The number of rotatable bonds is 10. The van der Waals surface area contributed by atoms with Gasteiger partial charge in [0, 0.05) is 28.6 Å². The molecule has 3 aromatic carbocycles. The standard InChI is InChI=1S/C26H26BrNO4/c1-18-7-11-20(12-8-18)25(29)22-5-3-4-6-23(22)28-24(26(30)31-2)17-19-9-13-21(14-10-19)32-16-15-27/h3-14,24,28H,15-17H2,1-2H3. The van der Waals surface area contributed by atoms with E-state index in [0.717, 1.165) is 22.2 Å².